The van der Waals surface area contributed by atoms with E-state index in [-0.39, 0.29) is 11.7 Å². The topological polar surface area (TPSA) is 101 Å². The van der Waals surface area contributed by atoms with Gasteiger partial charge in [-0.3, -0.25) is 19.8 Å². The van der Waals surface area contributed by atoms with Crippen molar-refractivity contribution in [3.8, 4) is 5.75 Å². The lowest BCUT2D eigenvalue weighted by Gasteiger charge is -2.14. The van der Waals surface area contributed by atoms with E-state index in [1.54, 1.807) is 49.6 Å². The lowest BCUT2D eigenvalue weighted by Crippen LogP contribution is -2.43. The normalized spacial score (nSPS) is 11.6. The molecule has 0 aliphatic carbocycles. The van der Waals surface area contributed by atoms with Gasteiger partial charge in [0, 0.05) is 21.6 Å². The number of hydrogen-bond acceptors (Lipinski definition) is 4. The fraction of sp³-hybridized carbons (Fsp3) is 0.227. The standard InChI is InChI=1S/C22H23BrN4O4/c1-4-13(2)24-21(29)22(30)26-27-18-10-5-15(23)11-14(18)12-19(27)20(28)25-16-6-8-17(31-3)9-7-16/h5-13H,4H2,1-3H3,(H,24,29)(H,25,28)(H,26,30)/t13-/m0/s1. The van der Waals surface area contributed by atoms with Gasteiger partial charge in [-0.05, 0) is 61.9 Å². The molecule has 3 amide bonds. The Bertz CT molecular complexity index is 1120. The lowest BCUT2D eigenvalue weighted by molar-refractivity contribution is -0.137. The molecule has 0 saturated carbocycles. The summed E-state index contributed by atoms with van der Waals surface area (Å²) in [6.07, 6.45) is 0.689. The van der Waals surface area contributed by atoms with E-state index in [9.17, 15) is 14.4 Å². The van der Waals surface area contributed by atoms with Crippen molar-refractivity contribution in [1.82, 2.24) is 9.99 Å². The molecule has 0 spiro atoms. The molecule has 8 nitrogen and oxygen atoms in total. The van der Waals surface area contributed by atoms with E-state index in [0.29, 0.717) is 23.4 Å². The van der Waals surface area contributed by atoms with Gasteiger partial charge in [-0.25, -0.2) is 4.68 Å². The summed E-state index contributed by atoms with van der Waals surface area (Å²) in [6.45, 7) is 3.71. The highest BCUT2D eigenvalue weighted by Crippen LogP contribution is 2.24. The summed E-state index contributed by atoms with van der Waals surface area (Å²) in [5.74, 6) is -1.41. The molecular formula is C22H23BrN4O4. The molecule has 0 aliphatic rings. The van der Waals surface area contributed by atoms with Crippen LogP contribution in [0, 0.1) is 0 Å². The number of ether oxygens (including phenoxy) is 1. The van der Waals surface area contributed by atoms with Crippen molar-refractivity contribution in [3.63, 3.8) is 0 Å². The van der Waals surface area contributed by atoms with Gasteiger partial charge in [0.05, 0.1) is 12.6 Å². The maximum atomic E-state index is 13.0. The van der Waals surface area contributed by atoms with Crippen LogP contribution in [0.2, 0.25) is 0 Å². The van der Waals surface area contributed by atoms with Gasteiger partial charge in [0.25, 0.3) is 5.91 Å². The third-order valence-electron chi connectivity index (χ3n) is 4.75. The molecule has 0 fully saturated rings. The highest BCUT2D eigenvalue weighted by atomic mass is 79.9. The van der Waals surface area contributed by atoms with Crippen molar-refractivity contribution < 1.29 is 19.1 Å². The Kier molecular flexibility index (Phi) is 6.96. The molecular weight excluding hydrogens is 464 g/mol. The molecule has 1 heterocycles. The van der Waals surface area contributed by atoms with E-state index >= 15 is 0 Å². The Balaban J connectivity index is 1.91. The van der Waals surface area contributed by atoms with Crippen LogP contribution in [0.1, 0.15) is 30.8 Å². The van der Waals surface area contributed by atoms with Crippen molar-refractivity contribution in [3.05, 3.63) is 58.7 Å². The SMILES string of the molecule is CC[C@H](C)NC(=O)C(=O)Nn1c(C(=O)Nc2ccc(OC)cc2)cc2cc(Br)ccc21. The van der Waals surface area contributed by atoms with Gasteiger partial charge < -0.3 is 15.4 Å². The van der Waals surface area contributed by atoms with E-state index in [1.165, 1.54) is 4.68 Å². The number of rotatable bonds is 6. The zero-order valence-corrected chi connectivity index (χ0v) is 18.9. The van der Waals surface area contributed by atoms with Crippen LogP contribution in [0.3, 0.4) is 0 Å². The number of amides is 3. The third-order valence-corrected chi connectivity index (χ3v) is 5.25. The van der Waals surface area contributed by atoms with Crippen molar-refractivity contribution in [1.29, 1.82) is 0 Å². The van der Waals surface area contributed by atoms with Crippen LogP contribution in [0.5, 0.6) is 5.75 Å². The van der Waals surface area contributed by atoms with Crippen LogP contribution in [-0.2, 0) is 9.59 Å². The maximum absolute atomic E-state index is 13.0. The van der Waals surface area contributed by atoms with Crippen LogP contribution < -0.4 is 20.8 Å². The van der Waals surface area contributed by atoms with Crippen molar-refractivity contribution >= 4 is 50.2 Å². The first kappa shape index (κ1) is 22.4. The largest absolute Gasteiger partial charge is 0.497 e. The number of halogens is 1. The highest BCUT2D eigenvalue weighted by Gasteiger charge is 2.21. The summed E-state index contributed by atoms with van der Waals surface area (Å²) in [5, 5.41) is 6.12. The number of methoxy groups -OCH3 is 1. The molecule has 3 N–H and O–H groups in total. The number of anilines is 1. The number of aromatic nitrogens is 1. The predicted molar refractivity (Wildman–Crippen MR) is 123 cm³/mol. The maximum Gasteiger partial charge on any atom is 0.328 e. The third kappa shape index (κ3) is 5.24. The first-order chi connectivity index (χ1) is 14.8. The predicted octanol–water partition coefficient (Wildman–Crippen LogP) is 3.65. The fourth-order valence-electron chi connectivity index (χ4n) is 2.89. The Labute approximate surface area is 188 Å². The Hall–Kier alpha value is -3.33. The molecule has 1 aromatic heterocycles. The monoisotopic (exact) mass is 486 g/mol. The zero-order valence-electron chi connectivity index (χ0n) is 17.4. The van der Waals surface area contributed by atoms with Gasteiger partial charge in [-0.1, -0.05) is 22.9 Å². The minimum Gasteiger partial charge on any atom is -0.497 e. The highest BCUT2D eigenvalue weighted by molar-refractivity contribution is 9.10. The Morgan fingerprint density at radius 3 is 2.42 bits per heavy atom. The molecule has 3 aromatic rings. The van der Waals surface area contributed by atoms with Gasteiger partial charge in [0.15, 0.2) is 0 Å². The zero-order chi connectivity index (χ0) is 22.5. The number of hydrogen-bond donors (Lipinski definition) is 3. The van der Waals surface area contributed by atoms with Gasteiger partial charge in [-0.2, -0.15) is 0 Å². The van der Waals surface area contributed by atoms with Gasteiger partial charge in [0.1, 0.15) is 11.4 Å². The molecule has 31 heavy (non-hydrogen) atoms. The summed E-state index contributed by atoms with van der Waals surface area (Å²) in [6, 6.07) is 13.7. The van der Waals surface area contributed by atoms with Crippen molar-refractivity contribution in [2.45, 2.75) is 26.3 Å². The molecule has 1 atom stereocenters. The molecule has 162 valence electrons. The van der Waals surface area contributed by atoms with Crippen LogP contribution in [0.15, 0.2) is 53.0 Å². The Morgan fingerprint density at radius 2 is 1.77 bits per heavy atom. The van der Waals surface area contributed by atoms with Gasteiger partial charge >= 0.3 is 11.8 Å². The number of fused-ring (bicyclic) bond motifs is 1. The molecule has 2 aromatic carbocycles. The van der Waals surface area contributed by atoms with Crippen LogP contribution in [0.4, 0.5) is 5.69 Å². The second-order valence-electron chi connectivity index (χ2n) is 6.97. The van der Waals surface area contributed by atoms with Gasteiger partial charge in [-0.15, -0.1) is 0 Å². The molecule has 0 saturated heterocycles. The summed E-state index contributed by atoms with van der Waals surface area (Å²) in [7, 11) is 1.56. The molecule has 0 unspecified atom stereocenters. The van der Waals surface area contributed by atoms with Crippen LogP contribution >= 0.6 is 15.9 Å². The summed E-state index contributed by atoms with van der Waals surface area (Å²) in [4.78, 5) is 37.7. The second-order valence-corrected chi connectivity index (χ2v) is 7.89. The average molecular weight is 487 g/mol. The van der Waals surface area contributed by atoms with E-state index in [4.69, 9.17) is 4.74 Å². The average Bonchev–Trinajstić information content (AvgIpc) is 3.11. The van der Waals surface area contributed by atoms with Crippen LogP contribution in [0.25, 0.3) is 10.9 Å². The fourth-order valence-corrected chi connectivity index (χ4v) is 3.27. The van der Waals surface area contributed by atoms with E-state index in [2.05, 4.69) is 32.0 Å². The summed E-state index contributed by atoms with van der Waals surface area (Å²) in [5.41, 5.74) is 3.85. The molecule has 9 heteroatoms. The molecule has 0 radical (unpaired) electrons. The van der Waals surface area contributed by atoms with Crippen molar-refractivity contribution in [2.24, 2.45) is 0 Å². The summed E-state index contributed by atoms with van der Waals surface area (Å²) < 4.78 is 7.26. The number of nitrogens with zero attached hydrogens (tertiary/aromatic N) is 1. The number of carbonyl (C=O) groups excluding carboxylic acids is 3. The minimum absolute atomic E-state index is 0.145. The van der Waals surface area contributed by atoms with E-state index in [0.717, 1.165) is 9.86 Å². The number of nitrogens with one attached hydrogen (secondary N) is 3. The van der Waals surface area contributed by atoms with E-state index < -0.39 is 17.7 Å². The first-order valence-corrected chi connectivity index (χ1v) is 10.5. The quantitative estimate of drug-likeness (QED) is 0.462. The van der Waals surface area contributed by atoms with E-state index in [1.807, 2.05) is 19.9 Å². The lowest BCUT2D eigenvalue weighted by atomic mass is 10.2. The second kappa shape index (κ2) is 9.65. The number of benzene rings is 2. The molecule has 0 bridgehead atoms. The molecule has 3 rings (SSSR count). The number of carbonyl (C=O) groups is 3. The Morgan fingerprint density at radius 1 is 1.06 bits per heavy atom. The first-order valence-electron chi connectivity index (χ1n) is 9.70. The van der Waals surface area contributed by atoms with Gasteiger partial charge in [0.2, 0.25) is 0 Å². The summed E-state index contributed by atoms with van der Waals surface area (Å²) >= 11 is 3.41. The van der Waals surface area contributed by atoms with Crippen molar-refractivity contribution in [2.75, 3.05) is 17.9 Å². The minimum atomic E-state index is -0.862. The smallest absolute Gasteiger partial charge is 0.328 e. The van der Waals surface area contributed by atoms with Crippen LogP contribution in [-0.4, -0.2) is 35.5 Å². The molecule has 0 aliphatic heterocycles.